The molecule has 0 aliphatic rings. The molecule has 0 saturated carbocycles. The number of primary amides is 1. The first kappa shape index (κ1) is 30.1. The Hall–Kier alpha value is -4.13. The fourth-order valence-corrected chi connectivity index (χ4v) is 4.04. The summed E-state index contributed by atoms with van der Waals surface area (Å²) in [5.74, 6) is -2.51. The lowest BCUT2D eigenvalue weighted by atomic mass is 10.0. The van der Waals surface area contributed by atoms with Crippen LogP contribution in [0.25, 0.3) is 10.9 Å². The first-order valence-electron chi connectivity index (χ1n) is 12.5. The van der Waals surface area contributed by atoms with Gasteiger partial charge in [0, 0.05) is 30.1 Å². The van der Waals surface area contributed by atoms with Crippen LogP contribution in [0, 0.1) is 11.3 Å². The molecule has 0 spiro atoms. The first-order valence-corrected chi connectivity index (χ1v) is 12.5. The van der Waals surface area contributed by atoms with E-state index in [9.17, 15) is 19.2 Å². The topological polar surface area (TPSA) is 234 Å². The van der Waals surface area contributed by atoms with Gasteiger partial charge < -0.3 is 43.5 Å². The molecule has 2 aromatic rings. The van der Waals surface area contributed by atoms with E-state index in [1.54, 1.807) is 6.20 Å². The normalized spacial score (nSPS) is 13.4. The van der Waals surface area contributed by atoms with E-state index in [1.807, 2.05) is 38.1 Å². The highest BCUT2D eigenvalue weighted by Crippen LogP contribution is 2.19. The maximum Gasteiger partial charge on any atom is 0.243 e. The Balaban J connectivity index is 2.19. The zero-order valence-electron chi connectivity index (χ0n) is 21.8. The molecular formula is C25H39N9O4. The molecule has 4 amide bonds. The van der Waals surface area contributed by atoms with Gasteiger partial charge in [-0.1, -0.05) is 32.0 Å². The summed E-state index contributed by atoms with van der Waals surface area (Å²) in [5, 5.41) is 18.8. The van der Waals surface area contributed by atoms with Crippen LogP contribution in [-0.4, -0.2) is 65.8 Å². The molecule has 0 bridgehead atoms. The number of amides is 4. The van der Waals surface area contributed by atoms with Crippen molar-refractivity contribution in [3.05, 3.63) is 36.0 Å². The highest BCUT2D eigenvalue weighted by Gasteiger charge is 2.29. The second kappa shape index (κ2) is 14.6. The zero-order valence-corrected chi connectivity index (χ0v) is 21.8. The Labute approximate surface area is 221 Å². The summed E-state index contributed by atoms with van der Waals surface area (Å²) in [6.45, 7) is 3.81. The van der Waals surface area contributed by atoms with Crippen molar-refractivity contribution in [2.45, 2.75) is 57.7 Å². The van der Waals surface area contributed by atoms with Crippen LogP contribution >= 0.6 is 0 Å². The van der Waals surface area contributed by atoms with Gasteiger partial charge in [-0.3, -0.25) is 24.6 Å². The van der Waals surface area contributed by atoms with Gasteiger partial charge in [-0.05, 0) is 36.8 Å². The van der Waals surface area contributed by atoms with Gasteiger partial charge in [-0.15, -0.1) is 0 Å². The number of carbonyl (C=O) groups excluding carboxylic acids is 4. The van der Waals surface area contributed by atoms with Gasteiger partial charge in [0.1, 0.15) is 18.1 Å². The molecule has 1 aromatic heterocycles. The van der Waals surface area contributed by atoms with Crippen LogP contribution in [0.1, 0.15) is 38.7 Å². The molecule has 2 rings (SSSR count). The van der Waals surface area contributed by atoms with E-state index >= 15 is 0 Å². The average molecular weight is 530 g/mol. The third-order valence-electron chi connectivity index (χ3n) is 5.92. The summed E-state index contributed by atoms with van der Waals surface area (Å²) in [4.78, 5) is 53.7. The van der Waals surface area contributed by atoms with Crippen LogP contribution in [0.2, 0.25) is 0 Å². The van der Waals surface area contributed by atoms with Crippen LogP contribution < -0.4 is 38.5 Å². The second-order valence-corrected chi connectivity index (χ2v) is 9.52. The van der Waals surface area contributed by atoms with Crippen LogP contribution in [0.15, 0.2) is 30.5 Å². The van der Waals surface area contributed by atoms with Gasteiger partial charge in [-0.25, -0.2) is 0 Å². The summed E-state index contributed by atoms with van der Waals surface area (Å²) in [5.41, 5.74) is 18.0. The highest BCUT2D eigenvalue weighted by atomic mass is 16.2. The summed E-state index contributed by atoms with van der Waals surface area (Å²) in [6.07, 6.45) is 2.81. The Morgan fingerprint density at radius 2 is 1.63 bits per heavy atom. The van der Waals surface area contributed by atoms with Crippen molar-refractivity contribution in [2.24, 2.45) is 23.1 Å². The zero-order chi connectivity index (χ0) is 28.2. The van der Waals surface area contributed by atoms with Crippen LogP contribution in [-0.2, 0) is 25.6 Å². The number of aromatic nitrogens is 1. The number of aromatic amines is 1. The monoisotopic (exact) mass is 529 g/mol. The number of fused-ring (bicyclic) bond motifs is 1. The van der Waals surface area contributed by atoms with Crippen molar-refractivity contribution in [3.63, 3.8) is 0 Å². The molecule has 13 nitrogen and oxygen atoms in total. The summed E-state index contributed by atoms with van der Waals surface area (Å²) < 4.78 is 0. The van der Waals surface area contributed by atoms with Crippen molar-refractivity contribution in [1.82, 2.24) is 26.3 Å². The number of guanidine groups is 1. The number of hydrogen-bond donors (Lipinski definition) is 9. The van der Waals surface area contributed by atoms with Crippen LogP contribution in [0.5, 0.6) is 0 Å². The van der Waals surface area contributed by atoms with Gasteiger partial charge in [0.2, 0.25) is 23.6 Å². The van der Waals surface area contributed by atoms with E-state index in [2.05, 4.69) is 26.3 Å². The molecule has 1 heterocycles. The predicted molar refractivity (Wildman–Crippen MR) is 145 cm³/mol. The molecule has 12 N–H and O–H groups in total. The van der Waals surface area contributed by atoms with E-state index in [1.165, 1.54) is 0 Å². The molecular weight excluding hydrogens is 490 g/mol. The maximum atomic E-state index is 13.3. The largest absolute Gasteiger partial charge is 0.370 e. The SMILES string of the molecule is CC(C)C[C@H](NC(=O)CN)C(=O)N[C@@H](CCCNC(=N)N)C(=O)N[C@@H](Cc1c[nH]c2ccccc12)C(N)=O. The third-order valence-corrected chi connectivity index (χ3v) is 5.92. The molecule has 38 heavy (non-hydrogen) atoms. The van der Waals surface area contributed by atoms with Crippen molar-refractivity contribution in [3.8, 4) is 0 Å². The van der Waals surface area contributed by atoms with E-state index < -0.39 is 41.8 Å². The smallest absolute Gasteiger partial charge is 0.243 e. The first-order chi connectivity index (χ1) is 18.0. The number of carbonyl (C=O) groups is 4. The van der Waals surface area contributed by atoms with E-state index in [-0.39, 0.29) is 31.3 Å². The minimum Gasteiger partial charge on any atom is -0.370 e. The lowest BCUT2D eigenvalue weighted by Crippen LogP contribution is -2.57. The standard InChI is InChI=1S/C25H39N9O4/c1-14(2)10-20(32-21(35)12-26)24(38)33-18(8-5-9-30-25(28)29)23(37)34-19(22(27)36)11-15-13-31-17-7-4-3-6-16(15)17/h3-4,6-7,13-14,18-20,31H,5,8-12,26H2,1-2H3,(H2,27,36)(H,32,35)(H,33,38)(H,34,37)(H4,28,29,30)/t18-,19-,20-/m0/s1. The fourth-order valence-electron chi connectivity index (χ4n) is 4.04. The predicted octanol–water partition coefficient (Wildman–Crippen LogP) is -1.08. The molecule has 0 aliphatic heterocycles. The van der Waals surface area contributed by atoms with Gasteiger partial charge in [0.05, 0.1) is 6.54 Å². The summed E-state index contributed by atoms with van der Waals surface area (Å²) in [7, 11) is 0. The lowest BCUT2D eigenvalue weighted by Gasteiger charge is -2.25. The molecule has 13 heteroatoms. The minimum absolute atomic E-state index is 0.0753. The average Bonchev–Trinajstić information content (AvgIpc) is 3.27. The lowest BCUT2D eigenvalue weighted by molar-refractivity contribution is -0.133. The number of rotatable bonds is 15. The Morgan fingerprint density at radius 3 is 2.26 bits per heavy atom. The number of H-pyrrole nitrogens is 1. The number of nitrogens with one attached hydrogen (secondary N) is 6. The molecule has 0 aliphatic carbocycles. The third kappa shape index (κ3) is 9.39. The molecule has 0 unspecified atom stereocenters. The molecule has 3 atom stereocenters. The second-order valence-electron chi connectivity index (χ2n) is 9.52. The van der Waals surface area contributed by atoms with E-state index in [0.717, 1.165) is 16.5 Å². The Bertz CT molecular complexity index is 1130. The van der Waals surface area contributed by atoms with Crippen molar-refractivity contribution >= 4 is 40.5 Å². The van der Waals surface area contributed by atoms with Crippen molar-refractivity contribution in [1.29, 1.82) is 5.41 Å². The van der Waals surface area contributed by atoms with Crippen molar-refractivity contribution in [2.75, 3.05) is 13.1 Å². The van der Waals surface area contributed by atoms with Gasteiger partial charge >= 0.3 is 0 Å². The number of nitrogens with two attached hydrogens (primary N) is 3. The van der Waals surface area contributed by atoms with Crippen molar-refractivity contribution < 1.29 is 19.2 Å². The van der Waals surface area contributed by atoms with Gasteiger partial charge in [0.25, 0.3) is 0 Å². The van der Waals surface area contributed by atoms with Crippen LogP contribution in [0.3, 0.4) is 0 Å². The number of hydrogen-bond acceptors (Lipinski definition) is 6. The highest BCUT2D eigenvalue weighted by molar-refractivity contribution is 5.94. The molecule has 0 saturated heterocycles. The minimum atomic E-state index is -1.04. The maximum absolute atomic E-state index is 13.3. The molecule has 0 radical (unpaired) electrons. The van der Waals surface area contributed by atoms with Gasteiger partial charge in [-0.2, -0.15) is 0 Å². The van der Waals surface area contributed by atoms with E-state index in [0.29, 0.717) is 19.4 Å². The van der Waals surface area contributed by atoms with Gasteiger partial charge in [0.15, 0.2) is 5.96 Å². The summed E-state index contributed by atoms with van der Waals surface area (Å²) in [6, 6.07) is 4.59. The molecule has 0 fully saturated rings. The fraction of sp³-hybridized carbons (Fsp3) is 0.480. The summed E-state index contributed by atoms with van der Waals surface area (Å²) >= 11 is 0. The molecule has 208 valence electrons. The number of benzene rings is 1. The molecule has 1 aromatic carbocycles. The van der Waals surface area contributed by atoms with E-state index in [4.69, 9.17) is 22.6 Å². The Kier molecular flexibility index (Phi) is 11.5. The quantitative estimate of drug-likeness (QED) is 0.0785. The Morgan fingerprint density at radius 1 is 0.974 bits per heavy atom. The number of para-hydroxylation sites is 1. The van der Waals surface area contributed by atoms with Crippen LogP contribution in [0.4, 0.5) is 0 Å².